The van der Waals surface area contributed by atoms with Crippen molar-refractivity contribution in [2.75, 3.05) is 0 Å². The lowest BCUT2D eigenvalue weighted by Crippen LogP contribution is -2.03. The lowest BCUT2D eigenvalue weighted by atomic mass is 10.3. The minimum Gasteiger partial charge on any atom is -0.477 e. The fourth-order valence-corrected chi connectivity index (χ4v) is 1.16. The molecule has 1 rings (SSSR count). The van der Waals surface area contributed by atoms with Gasteiger partial charge in [0, 0.05) is 12.6 Å². The van der Waals surface area contributed by atoms with Crippen molar-refractivity contribution in [2.45, 2.75) is 6.61 Å². The molecule has 1 heterocycles. The van der Waals surface area contributed by atoms with Crippen LogP contribution in [0.15, 0.2) is 6.07 Å². The first-order valence-corrected chi connectivity index (χ1v) is 3.64. The molecule has 0 aliphatic heterocycles. The van der Waals surface area contributed by atoms with E-state index in [4.69, 9.17) is 21.8 Å². The summed E-state index contributed by atoms with van der Waals surface area (Å²) in [4.78, 5) is 10.5. The number of nitrogens with zero attached hydrogens (tertiary/aromatic N) is 1. The molecule has 0 fully saturated rings. The van der Waals surface area contributed by atoms with Gasteiger partial charge in [0.15, 0.2) is 0 Å². The number of aliphatic hydroxyl groups is 1. The van der Waals surface area contributed by atoms with Crippen LogP contribution in [0, 0.1) is 0 Å². The smallest absolute Gasteiger partial charge is 0.352 e. The van der Waals surface area contributed by atoms with Crippen molar-refractivity contribution >= 4 is 17.6 Å². The summed E-state index contributed by atoms with van der Waals surface area (Å²) in [6, 6.07) is 1.35. The monoisotopic (exact) mass is 189 g/mol. The van der Waals surface area contributed by atoms with Crippen LogP contribution >= 0.6 is 11.6 Å². The Bertz CT molecular complexity index is 319. The van der Waals surface area contributed by atoms with Crippen molar-refractivity contribution < 1.29 is 15.0 Å². The standard InChI is InChI=1S/C7H8ClNO3/c1-9-5(7(11)12)2-4(3-10)6(9)8/h2,10H,3H2,1H3,(H,11,12). The van der Waals surface area contributed by atoms with E-state index in [2.05, 4.69) is 0 Å². The summed E-state index contributed by atoms with van der Waals surface area (Å²) in [6.45, 7) is -0.250. The minimum absolute atomic E-state index is 0.0732. The molecule has 0 unspecified atom stereocenters. The first kappa shape index (κ1) is 9.09. The van der Waals surface area contributed by atoms with Crippen LogP contribution in [-0.4, -0.2) is 20.7 Å². The number of aromatic nitrogens is 1. The zero-order chi connectivity index (χ0) is 9.30. The van der Waals surface area contributed by atoms with Gasteiger partial charge in [-0.05, 0) is 6.07 Å². The third-order valence-electron chi connectivity index (χ3n) is 1.62. The molecule has 0 radical (unpaired) electrons. The third-order valence-corrected chi connectivity index (χ3v) is 2.12. The number of carboxylic acids is 1. The Morgan fingerprint density at radius 3 is 2.58 bits per heavy atom. The second-order valence-electron chi connectivity index (χ2n) is 2.37. The zero-order valence-corrected chi connectivity index (χ0v) is 7.17. The molecule has 66 valence electrons. The number of aliphatic hydroxyl groups excluding tert-OH is 1. The molecule has 0 bridgehead atoms. The average Bonchev–Trinajstić information content (AvgIpc) is 2.30. The van der Waals surface area contributed by atoms with Gasteiger partial charge in [-0.25, -0.2) is 4.79 Å². The van der Waals surface area contributed by atoms with Crippen molar-refractivity contribution in [3.63, 3.8) is 0 Å². The first-order chi connectivity index (χ1) is 5.57. The van der Waals surface area contributed by atoms with Crippen LogP contribution in [0.4, 0.5) is 0 Å². The van der Waals surface area contributed by atoms with E-state index in [-0.39, 0.29) is 17.5 Å². The Morgan fingerprint density at radius 1 is 1.75 bits per heavy atom. The molecule has 0 saturated heterocycles. The molecule has 0 amide bonds. The molecule has 0 aliphatic rings. The highest BCUT2D eigenvalue weighted by Crippen LogP contribution is 2.19. The summed E-state index contributed by atoms with van der Waals surface area (Å²) < 4.78 is 1.31. The summed E-state index contributed by atoms with van der Waals surface area (Å²) in [6.07, 6.45) is 0. The molecule has 0 atom stereocenters. The van der Waals surface area contributed by atoms with E-state index in [0.29, 0.717) is 5.56 Å². The maximum atomic E-state index is 10.5. The Balaban J connectivity index is 3.25. The van der Waals surface area contributed by atoms with Crippen molar-refractivity contribution in [1.29, 1.82) is 0 Å². The molecule has 4 nitrogen and oxygen atoms in total. The van der Waals surface area contributed by atoms with Crippen molar-refractivity contribution in [3.8, 4) is 0 Å². The van der Waals surface area contributed by atoms with E-state index in [1.54, 1.807) is 0 Å². The molecular formula is C7H8ClNO3. The van der Waals surface area contributed by atoms with E-state index in [1.165, 1.54) is 17.7 Å². The molecular weight excluding hydrogens is 182 g/mol. The number of halogens is 1. The highest BCUT2D eigenvalue weighted by molar-refractivity contribution is 6.30. The van der Waals surface area contributed by atoms with E-state index >= 15 is 0 Å². The van der Waals surface area contributed by atoms with Crippen LogP contribution in [0.2, 0.25) is 5.15 Å². The molecule has 0 saturated carbocycles. The summed E-state index contributed by atoms with van der Waals surface area (Å²) in [7, 11) is 1.53. The SMILES string of the molecule is Cn1c(C(=O)O)cc(CO)c1Cl. The minimum atomic E-state index is -1.06. The fourth-order valence-electron chi connectivity index (χ4n) is 0.959. The van der Waals surface area contributed by atoms with Gasteiger partial charge in [-0.15, -0.1) is 0 Å². The lowest BCUT2D eigenvalue weighted by Gasteiger charge is -1.97. The molecule has 0 aliphatic carbocycles. The summed E-state index contributed by atoms with van der Waals surface area (Å²) in [5.41, 5.74) is 0.501. The fraction of sp³-hybridized carbons (Fsp3) is 0.286. The zero-order valence-electron chi connectivity index (χ0n) is 6.41. The molecule has 5 heteroatoms. The van der Waals surface area contributed by atoms with E-state index in [9.17, 15) is 4.79 Å². The van der Waals surface area contributed by atoms with Gasteiger partial charge < -0.3 is 14.8 Å². The maximum Gasteiger partial charge on any atom is 0.352 e. The van der Waals surface area contributed by atoms with Gasteiger partial charge in [-0.3, -0.25) is 0 Å². The van der Waals surface area contributed by atoms with Gasteiger partial charge in [0.25, 0.3) is 0 Å². The van der Waals surface area contributed by atoms with Crippen LogP contribution in [0.5, 0.6) is 0 Å². The molecule has 0 aromatic carbocycles. The van der Waals surface area contributed by atoms with Gasteiger partial charge in [0.1, 0.15) is 10.8 Å². The van der Waals surface area contributed by atoms with Gasteiger partial charge in [0.2, 0.25) is 0 Å². The highest BCUT2D eigenvalue weighted by atomic mass is 35.5. The quantitative estimate of drug-likeness (QED) is 0.726. The Kier molecular flexibility index (Phi) is 2.40. The largest absolute Gasteiger partial charge is 0.477 e. The van der Waals surface area contributed by atoms with Gasteiger partial charge in [0.05, 0.1) is 6.61 Å². The molecule has 12 heavy (non-hydrogen) atoms. The van der Waals surface area contributed by atoms with Crippen LogP contribution in [-0.2, 0) is 13.7 Å². The number of hydrogen-bond donors (Lipinski definition) is 2. The van der Waals surface area contributed by atoms with Gasteiger partial charge in [-0.2, -0.15) is 0 Å². The molecule has 2 N–H and O–H groups in total. The molecule has 1 aromatic heterocycles. The second kappa shape index (κ2) is 3.16. The van der Waals surface area contributed by atoms with Crippen molar-refractivity contribution in [3.05, 3.63) is 22.5 Å². The van der Waals surface area contributed by atoms with Crippen LogP contribution in [0.25, 0.3) is 0 Å². The normalized spacial score (nSPS) is 10.2. The molecule has 1 aromatic rings. The topological polar surface area (TPSA) is 62.5 Å². The third kappa shape index (κ3) is 1.31. The Hall–Kier alpha value is -1.00. The summed E-state index contributed by atoms with van der Waals surface area (Å²) >= 11 is 5.70. The van der Waals surface area contributed by atoms with E-state index < -0.39 is 5.97 Å². The van der Waals surface area contributed by atoms with Crippen LogP contribution < -0.4 is 0 Å². The van der Waals surface area contributed by atoms with Crippen molar-refractivity contribution in [2.24, 2.45) is 7.05 Å². The average molecular weight is 190 g/mol. The van der Waals surface area contributed by atoms with Gasteiger partial charge >= 0.3 is 5.97 Å². The lowest BCUT2D eigenvalue weighted by molar-refractivity contribution is 0.0686. The predicted molar refractivity (Wildman–Crippen MR) is 43.3 cm³/mol. The number of carbonyl (C=O) groups is 1. The summed E-state index contributed by atoms with van der Waals surface area (Å²) in [5, 5.41) is 17.6. The number of rotatable bonds is 2. The van der Waals surface area contributed by atoms with Crippen LogP contribution in [0.3, 0.4) is 0 Å². The van der Waals surface area contributed by atoms with Gasteiger partial charge in [-0.1, -0.05) is 11.6 Å². The van der Waals surface area contributed by atoms with Crippen LogP contribution in [0.1, 0.15) is 16.1 Å². The number of aromatic carboxylic acids is 1. The first-order valence-electron chi connectivity index (χ1n) is 3.26. The Labute approximate surface area is 74.0 Å². The summed E-state index contributed by atoms with van der Waals surface area (Å²) in [5.74, 6) is -1.06. The maximum absolute atomic E-state index is 10.5. The Morgan fingerprint density at radius 2 is 2.33 bits per heavy atom. The predicted octanol–water partition coefficient (Wildman–Crippen LogP) is 0.869. The van der Waals surface area contributed by atoms with E-state index in [0.717, 1.165) is 0 Å². The number of hydrogen-bond acceptors (Lipinski definition) is 2. The van der Waals surface area contributed by atoms with E-state index in [1.807, 2.05) is 0 Å². The molecule has 0 spiro atoms. The van der Waals surface area contributed by atoms with Crippen molar-refractivity contribution in [1.82, 2.24) is 4.57 Å². The second-order valence-corrected chi connectivity index (χ2v) is 2.73. The number of carboxylic acid groups (broad SMARTS) is 1. The highest BCUT2D eigenvalue weighted by Gasteiger charge is 2.14.